The minimum atomic E-state index is -3.91. The Kier molecular flexibility index (Phi) is 8.68. The van der Waals surface area contributed by atoms with Crippen molar-refractivity contribution in [1.82, 2.24) is 19.7 Å². The van der Waals surface area contributed by atoms with E-state index in [4.69, 9.17) is 4.74 Å². The number of pyridine rings is 1. The van der Waals surface area contributed by atoms with E-state index in [0.717, 1.165) is 0 Å². The molecule has 38 heavy (non-hydrogen) atoms. The van der Waals surface area contributed by atoms with Crippen LogP contribution in [-0.4, -0.2) is 60.0 Å². The highest BCUT2D eigenvalue weighted by molar-refractivity contribution is 7.91. The summed E-state index contributed by atoms with van der Waals surface area (Å²) in [6.45, 7) is 12.8. The Labute approximate surface area is 223 Å². The lowest BCUT2D eigenvalue weighted by Gasteiger charge is -2.34. The molecule has 3 rings (SSSR count). The van der Waals surface area contributed by atoms with Crippen LogP contribution in [0.15, 0.2) is 59.5 Å². The summed E-state index contributed by atoms with van der Waals surface area (Å²) in [5.74, 6) is -0.829. The molecule has 0 aliphatic carbocycles. The lowest BCUT2D eigenvalue weighted by molar-refractivity contribution is -0.157. The molecule has 2 aromatic rings. The minimum Gasteiger partial charge on any atom is -0.459 e. The lowest BCUT2D eigenvalue weighted by atomic mass is 10.2. The molecule has 1 fully saturated rings. The second kappa shape index (κ2) is 11.4. The van der Waals surface area contributed by atoms with Crippen molar-refractivity contribution in [3.8, 4) is 0 Å². The molecule has 0 radical (unpaired) electrons. The lowest BCUT2D eigenvalue weighted by Crippen LogP contribution is -2.47. The number of esters is 1. The zero-order chi connectivity index (χ0) is 28.3. The molecule has 1 aliphatic heterocycles. The van der Waals surface area contributed by atoms with Crippen LogP contribution in [0.2, 0.25) is 0 Å². The third kappa shape index (κ3) is 6.81. The molecular formula is C26H35N5O6S. The van der Waals surface area contributed by atoms with Gasteiger partial charge in [-0.3, -0.25) is 23.7 Å². The van der Waals surface area contributed by atoms with Crippen LogP contribution < -0.4 is 15.6 Å². The van der Waals surface area contributed by atoms with E-state index in [0.29, 0.717) is 23.4 Å². The van der Waals surface area contributed by atoms with Gasteiger partial charge in [0.05, 0.1) is 18.5 Å². The standard InChI is InChI=1S/C26H35N5O6S/c1-18-12-13-22(28-38(35,36)15-21-10-8-7-9-11-21)24(34)31(18)25-29(14-23(33)37-26(4,5)6)19(2)20(3)30(25)16-27-17-32/h7-13,17,20,25,28H,2,14-16H2,1,3-6H3,(H,27,32). The number of benzene rings is 1. The highest BCUT2D eigenvalue weighted by Crippen LogP contribution is 2.35. The number of carbonyl (C=O) groups excluding carboxylic acids is 2. The van der Waals surface area contributed by atoms with Crippen molar-refractivity contribution in [3.05, 3.63) is 76.4 Å². The molecule has 1 aromatic heterocycles. The number of sulfonamides is 1. The van der Waals surface area contributed by atoms with Crippen molar-refractivity contribution in [2.24, 2.45) is 0 Å². The first-order valence-corrected chi connectivity index (χ1v) is 13.8. The summed E-state index contributed by atoms with van der Waals surface area (Å²) in [6.07, 6.45) is -0.351. The summed E-state index contributed by atoms with van der Waals surface area (Å²) in [5.41, 5.74) is 0.147. The topological polar surface area (TPSA) is 130 Å². The Bertz CT molecular complexity index is 1350. The first-order valence-electron chi connectivity index (χ1n) is 12.1. The number of carbonyl (C=O) groups is 2. The van der Waals surface area contributed by atoms with Gasteiger partial charge in [0.15, 0.2) is 6.29 Å². The van der Waals surface area contributed by atoms with Gasteiger partial charge in [-0.2, -0.15) is 0 Å². The van der Waals surface area contributed by atoms with Crippen molar-refractivity contribution in [2.75, 3.05) is 17.9 Å². The van der Waals surface area contributed by atoms with Crippen molar-refractivity contribution in [3.63, 3.8) is 0 Å². The van der Waals surface area contributed by atoms with E-state index in [1.54, 1.807) is 73.9 Å². The van der Waals surface area contributed by atoms with Crippen molar-refractivity contribution >= 4 is 28.1 Å². The van der Waals surface area contributed by atoms with E-state index >= 15 is 0 Å². The summed E-state index contributed by atoms with van der Waals surface area (Å²) in [7, 11) is -3.91. The van der Waals surface area contributed by atoms with Gasteiger partial charge in [-0.25, -0.2) is 13.3 Å². The van der Waals surface area contributed by atoms with Crippen LogP contribution in [0.4, 0.5) is 5.69 Å². The molecule has 11 nitrogen and oxygen atoms in total. The summed E-state index contributed by atoms with van der Waals surface area (Å²) in [4.78, 5) is 41.0. The number of rotatable bonds is 10. The molecule has 1 aromatic carbocycles. The Hall–Kier alpha value is -3.64. The summed E-state index contributed by atoms with van der Waals surface area (Å²) in [5, 5.41) is 2.61. The maximum absolute atomic E-state index is 13.7. The van der Waals surface area contributed by atoms with Gasteiger partial charge in [0, 0.05) is 11.4 Å². The minimum absolute atomic E-state index is 0.0506. The molecule has 12 heteroatoms. The smallest absolute Gasteiger partial charge is 0.326 e. The van der Waals surface area contributed by atoms with E-state index in [9.17, 15) is 22.8 Å². The number of aromatic nitrogens is 1. The van der Waals surface area contributed by atoms with Gasteiger partial charge in [0.2, 0.25) is 16.4 Å². The predicted octanol–water partition coefficient (Wildman–Crippen LogP) is 2.12. The predicted molar refractivity (Wildman–Crippen MR) is 144 cm³/mol. The number of nitrogens with zero attached hydrogens (tertiary/aromatic N) is 3. The number of nitrogens with one attached hydrogen (secondary N) is 2. The van der Waals surface area contributed by atoms with Crippen LogP contribution in [0.25, 0.3) is 0 Å². The Morgan fingerprint density at radius 2 is 1.82 bits per heavy atom. The van der Waals surface area contributed by atoms with Crippen LogP contribution in [0.3, 0.4) is 0 Å². The number of anilines is 1. The molecule has 206 valence electrons. The third-order valence-electron chi connectivity index (χ3n) is 6.02. The number of ether oxygens (including phenoxy) is 1. The average Bonchev–Trinajstić information content (AvgIpc) is 3.03. The van der Waals surface area contributed by atoms with Crippen molar-refractivity contribution < 1.29 is 22.7 Å². The van der Waals surface area contributed by atoms with Crippen molar-refractivity contribution in [2.45, 2.75) is 58.3 Å². The van der Waals surface area contributed by atoms with E-state index in [2.05, 4.69) is 16.6 Å². The monoisotopic (exact) mass is 545 g/mol. The van der Waals surface area contributed by atoms with Gasteiger partial charge in [0.1, 0.15) is 17.8 Å². The molecule has 2 N–H and O–H groups in total. The van der Waals surface area contributed by atoms with Gasteiger partial charge in [-0.15, -0.1) is 0 Å². The number of amides is 1. The highest BCUT2D eigenvalue weighted by atomic mass is 32.2. The van der Waals surface area contributed by atoms with Crippen LogP contribution in [-0.2, 0) is 30.1 Å². The van der Waals surface area contributed by atoms with E-state index < -0.39 is 33.4 Å². The molecule has 2 heterocycles. The molecule has 2 atom stereocenters. The second-order valence-corrected chi connectivity index (χ2v) is 11.9. The Balaban J connectivity index is 2.03. The van der Waals surface area contributed by atoms with Crippen LogP contribution in [0.5, 0.6) is 0 Å². The highest BCUT2D eigenvalue weighted by Gasteiger charge is 2.43. The Morgan fingerprint density at radius 3 is 2.42 bits per heavy atom. The van der Waals surface area contributed by atoms with E-state index in [1.807, 2.05) is 6.92 Å². The molecular weight excluding hydrogens is 510 g/mol. The number of aryl methyl sites for hydroxylation is 1. The summed E-state index contributed by atoms with van der Waals surface area (Å²) in [6, 6.07) is 11.3. The molecule has 1 saturated heterocycles. The van der Waals surface area contributed by atoms with Gasteiger partial charge in [-0.05, 0) is 52.3 Å². The van der Waals surface area contributed by atoms with Gasteiger partial charge < -0.3 is 15.0 Å². The molecule has 1 amide bonds. The number of hydrogen-bond donors (Lipinski definition) is 2. The fourth-order valence-corrected chi connectivity index (χ4v) is 5.51. The average molecular weight is 546 g/mol. The van der Waals surface area contributed by atoms with Crippen molar-refractivity contribution in [1.29, 1.82) is 0 Å². The zero-order valence-corrected chi connectivity index (χ0v) is 23.1. The second-order valence-electron chi connectivity index (χ2n) is 10.1. The van der Waals surface area contributed by atoms with Gasteiger partial charge in [-0.1, -0.05) is 36.9 Å². The molecule has 0 spiro atoms. The molecule has 0 bridgehead atoms. The molecule has 0 saturated carbocycles. The first kappa shape index (κ1) is 28.9. The SMILES string of the molecule is C=C1C(C)N(CNC=O)C(n2c(C)ccc(NS(=O)(=O)Cc3ccccc3)c2=O)N1CC(=O)OC(C)(C)C. The van der Waals surface area contributed by atoms with Gasteiger partial charge in [0.25, 0.3) is 5.56 Å². The maximum Gasteiger partial charge on any atom is 0.326 e. The largest absolute Gasteiger partial charge is 0.459 e. The summed E-state index contributed by atoms with van der Waals surface area (Å²) < 4.78 is 35.1. The maximum atomic E-state index is 13.7. The first-order chi connectivity index (χ1) is 17.7. The quantitative estimate of drug-likeness (QED) is 0.343. The third-order valence-corrected chi connectivity index (χ3v) is 7.26. The van der Waals surface area contributed by atoms with Gasteiger partial charge >= 0.3 is 5.97 Å². The molecule has 2 unspecified atom stereocenters. The normalized spacial score (nSPS) is 18.3. The van der Waals surface area contributed by atoms with Crippen LogP contribution in [0.1, 0.15) is 45.2 Å². The Morgan fingerprint density at radius 1 is 1.16 bits per heavy atom. The van der Waals surface area contributed by atoms with E-state index in [-0.39, 0.29) is 30.7 Å². The zero-order valence-electron chi connectivity index (χ0n) is 22.3. The van der Waals surface area contributed by atoms with Crippen LogP contribution >= 0.6 is 0 Å². The number of hydrogen-bond acceptors (Lipinski definition) is 8. The summed E-state index contributed by atoms with van der Waals surface area (Å²) >= 11 is 0. The fraction of sp³-hybridized carbons (Fsp3) is 0.423. The fourth-order valence-electron chi connectivity index (χ4n) is 4.31. The molecule has 1 aliphatic rings. The van der Waals surface area contributed by atoms with E-state index in [1.165, 1.54) is 10.6 Å². The van der Waals surface area contributed by atoms with Crippen LogP contribution in [0, 0.1) is 6.92 Å².